The number of hydrogen-bond acceptors (Lipinski definition) is 2. The maximum absolute atomic E-state index is 5.53. The molecule has 98 valence electrons. The molecule has 2 unspecified atom stereocenters. The van der Waals surface area contributed by atoms with Crippen molar-refractivity contribution in [2.45, 2.75) is 64.5 Å². The largest absolute Gasteiger partial charge is 0.312 e. The third-order valence-corrected chi connectivity index (χ3v) is 4.32. The molecule has 1 heterocycles. The minimum atomic E-state index is 0.211. The molecule has 0 aromatic rings. The van der Waals surface area contributed by atoms with E-state index < -0.39 is 0 Å². The third-order valence-electron chi connectivity index (χ3n) is 4.32. The molecule has 0 saturated carbocycles. The van der Waals surface area contributed by atoms with Gasteiger partial charge in [-0.1, -0.05) is 20.3 Å². The van der Waals surface area contributed by atoms with E-state index >= 15 is 0 Å². The fourth-order valence-electron chi connectivity index (χ4n) is 2.97. The fraction of sp³-hybridized carbons (Fsp3) is 0.867. The summed E-state index contributed by atoms with van der Waals surface area (Å²) in [5.74, 6) is 2.84. The molecular formula is C15H28N2. The second-order valence-electron chi connectivity index (χ2n) is 5.28. The van der Waals surface area contributed by atoms with Gasteiger partial charge in [0, 0.05) is 18.0 Å². The summed E-state index contributed by atoms with van der Waals surface area (Å²) in [5, 5.41) is 3.59. The summed E-state index contributed by atoms with van der Waals surface area (Å²) in [6.45, 7) is 10.3. The van der Waals surface area contributed by atoms with Crippen molar-refractivity contribution in [3.8, 4) is 12.3 Å². The van der Waals surface area contributed by atoms with Crippen molar-refractivity contribution in [2.24, 2.45) is 0 Å². The average Bonchev–Trinajstić information content (AvgIpc) is 2.38. The molecule has 1 saturated heterocycles. The average molecular weight is 236 g/mol. The Balaban J connectivity index is 2.78. The van der Waals surface area contributed by atoms with Crippen molar-refractivity contribution in [3.05, 3.63) is 0 Å². The van der Waals surface area contributed by atoms with Gasteiger partial charge >= 0.3 is 0 Å². The van der Waals surface area contributed by atoms with E-state index in [1.165, 1.54) is 32.4 Å². The molecule has 0 amide bonds. The molecule has 2 atom stereocenters. The Hall–Kier alpha value is -0.520. The highest BCUT2D eigenvalue weighted by Gasteiger charge is 2.37. The standard InChI is InChI=1S/C15H28N2/c1-5-11-14(16-7-3)15(4,6-2)17-12-9-8-10-13-17/h1,14,16H,6-13H2,2-4H3. The number of piperidine rings is 1. The van der Waals surface area contributed by atoms with Crippen LogP contribution in [0.15, 0.2) is 0 Å². The van der Waals surface area contributed by atoms with Gasteiger partial charge in [0.15, 0.2) is 0 Å². The molecule has 0 aromatic heterocycles. The zero-order valence-corrected chi connectivity index (χ0v) is 11.8. The molecule has 0 radical (unpaired) electrons. The number of nitrogens with one attached hydrogen (secondary N) is 1. The van der Waals surface area contributed by atoms with Gasteiger partial charge in [-0.15, -0.1) is 12.3 Å². The molecule has 1 aliphatic heterocycles. The normalized spacial score (nSPS) is 22.7. The minimum absolute atomic E-state index is 0.211. The maximum Gasteiger partial charge on any atom is 0.0358 e. The van der Waals surface area contributed by atoms with Crippen molar-refractivity contribution in [1.82, 2.24) is 10.2 Å². The van der Waals surface area contributed by atoms with Crippen LogP contribution in [0.25, 0.3) is 0 Å². The summed E-state index contributed by atoms with van der Waals surface area (Å²) in [6.07, 6.45) is 11.6. The molecule has 17 heavy (non-hydrogen) atoms. The highest BCUT2D eigenvalue weighted by molar-refractivity contribution is 5.03. The number of terminal acetylenes is 1. The summed E-state index contributed by atoms with van der Waals surface area (Å²) < 4.78 is 0. The van der Waals surface area contributed by atoms with Gasteiger partial charge in [-0.05, 0) is 45.8 Å². The SMILES string of the molecule is C#CCC(NCC)C(C)(CC)N1CCCCC1. The Morgan fingerprint density at radius 2 is 1.94 bits per heavy atom. The van der Waals surface area contributed by atoms with Gasteiger partial charge in [-0.2, -0.15) is 0 Å². The van der Waals surface area contributed by atoms with E-state index in [-0.39, 0.29) is 5.54 Å². The Morgan fingerprint density at radius 1 is 1.29 bits per heavy atom. The molecule has 0 bridgehead atoms. The fourth-order valence-corrected chi connectivity index (χ4v) is 2.97. The molecule has 2 nitrogen and oxygen atoms in total. The molecule has 0 aromatic carbocycles. The van der Waals surface area contributed by atoms with Crippen molar-refractivity contribution >= 4 is 0 Å². The first kappa shape index (κ1) is 14.5. The van der Waals surface area contributed by atoms with Crippen LogP contribution in [0.3, 0.4) is 0 Å². The first-order valence-corrected chi connectivity index (χ1v) is 7.11. The van der Waals surface area contributed by atoms with E-state index in [1.807, 2.05) is 0 Å². The number of likely N-dealkylation sites (tertiary alicyclic amines) is 1. The topological polar surface area (TPSA) is 15.3 Å². The lowest BCUT2D eigenvalue weighted by Gasteiger charge is -2.48. The monoisotopic (exact) mass is 236 g/mol. The lowest BCUT2D eigenvalue weighted by atomic mass is 9.84. The van der Waals surface area contributed by atoms with Gasteiger partial charge in [0.25, 0.3) is 0 Å². The van der Waals surface area contributed by atoms with Crippen LogP contribution in [-0.4, -0.2) is 36.1 Å². The molecule has 1 rings (SSSR count). The quantitative estimate of drug-likeness (QED) is 0.713. The predicted molar refractivity (Wildman–Crippen MR) is 75.0 cm³/mol. The summed E-state index contributed by atoms with van der Waals surface area (Å²) in [4.78, 5) is 2.65. The van der Waals surface area contributed by atoms with Crippen LogP contribution in [0.2, 0.25) is 0 Å². The van der Waals surface area contributed by atoms with Crippen LogP contribution in [0, 0.1) is 12.3 Å². The molecule has 2 heteroatoms. The Labute approximate surface area is 107 Å². The van der Waals surface area contributed by atoms with E-state index in [0.717, 1.165) is 19.4 Å². The van der Waals surface area contributed by atoms with Crippen molar-refractivity contribution < 1.29 is 0 Å². The predicted octanol–water partition coefficient (Wildman–Crippen LogP) is 2.64. The first-order chi connectivity index (χ1) is 8.19. The summed E-state index contributed by atoms with van der Waals surface area (Å²) in [7, 11) is 0. The highest BCUT2D eigenvalue weighted by atomic mass is 15.2. The van der Waals surface area contributed by atoms with Crippen molar-refractivity contribution in [3.63, 3.8) is 0 Å². The lowest BCUT2D eigenvalue weighted by molar-refractivity contribution is 0.0449. The van der Waals surface area contributed by atoms with E-state index in [4.69, 9.17) is 6.42 Å². The van der Waals surface area contributed by atoms with Gasteiger partial charge in [-0.3, -0.25) is 4.90 Å². The second kappa shape index (κ2) is 7.03. The van der Waals surface area contributed by atoms with E-state index in [0.29, 0.717) is 6.04 Å². The molecule has 1 N–H and O–H groups in total. The van der Waals surface area contributed by atoms with Crippen LogP contribution in [0.4, 0.5) is 0 Å². The number of nitrogens with zero attached hydrogens (tertiary/aromatic N) is 1. The molecular weight excluding hydrogens is 208 g/mol. The number of hydrogen-bond donors (Lipinski definition) is 1. The van der Waals surface area contributed by atoms with Crippen LogP contribution >= 0.6 is 0 Å². The van der Waals surface area contributed by atoms with Crippen molar-refractivity contribution in [2.75, 3.05) is 19.6 Å². The minimum Gasteiger partial charge on any atom is -0.312 e. The summed E-state index contributed by atoms with van der Waals surface area (Å²) in [5.41, 5.74) is 0.211. The van der Waals surface area contributed by atoms with Crippen molar-refractivity contribution in [1.29, 1.82) is 0 Å². The zero-order chi connectivity index (χ0) is 12.7. The molecule has 0 aliphatic carbocycles. The Kier molecular flexibility index (Phi) is 6.02. The van der Waals surface area contributed by atoms with Gasteiger partial charge in [-0.25, -0.2) is 0 Å². The van der Waals surface area contributed by atoms with Crippen LogP contribution in [-0.2, 0) is 0 Å². The maximum atomic E-state index is 5.53. The van der Waals surface area contributed by atoms with Gasteiger partial charge in [0.1, 0.15) is 0 Å². The smallest absolute Gasteiger partial charge is 0.0358 e. The van der Waals surface area contributed by atoms with Gasteiger partial charge < -0.3 is 5.32 Å². The molecule has 0 spiro atoms. The lowest BCUT2D eigenvalue weighted by Crippen LogP contribution is -2.60. The third kappa shape index (κ3) is 3.47. The van der Waals surface area contributed by atoms with Crippen LogP contribution < -0.4 is 5.32 Å². The van der Waals surface area contributed by atoms with E-state index in [9.17, 15) is 0 Å². The number of rotatable bonds is 6. The molecule has 1 aliphatic rings. The van der Waals surface area contributed by atoms with E-state index in [1.54, 1.807) is 0 Å². The Morgan fingerprint density at radius 3 is 2.41 bits per heavy atom. The summed E-state index contributed by atoms with van der Waals surface area (Å²) >= 11 is 0. The second-order valence-corrected chi connectivity index (χ2v) is 5.28. The van der Waals surface area contributed by atoms with Crippen LogP contribution in [0.5, 0.6) is 0 Å². The highest BCUT2D eigenvalue weighted by Crippen LogP contribution is 2.28. The van der Waals surface area contributed by atoms with Crippen LogP contribution in [0.1, 0.15) is 52.9 Å². The van der Waals surface area contributed by atoms with Gasteiger partial charge in [0.05, 0.1) is 0 Å². The Bertz CT molecular complexity index is 250. The first-order valence-electron chi connectivity index (χ1n) is 7.11. The molecule has 1 fully saturated rings. The zero-order valence-electron chi connectivity index (χ0n) is 11.8. The number of likely N-dealkylation sites (N-methyl/N-ethyl adjacent to an activating group) is 1. The van der Waals surface area contributed by atoms with Gasteiger partial charge in [0.2, 0.25) is 0 Å². The summed E-state index contributed by atoms with van der Waals surface area (Å²) in [6, 6.07) is 0.417. The van der Waals surface area contributed by atoms with E-state index in [2.05, 4.69) is 36.9 Å².